The molecule has 2 N–H and O–H groups in total. The topological polar surface area (TPSA) is 112 Å². The number of carbonyl (C=O) groups excluding carboxylic acids is 3. The van der Waals surface area contributed by atoms with Crippen LogP contribution in [0.15, 0.2) is 72.8 Å². The summed E-state index contributed by atoms with van der Waals surface area (Å²) in [5.74, 6) is -0.358. The number of benzene rings is 3. The Balaban J connectivity index is 1.53. The molecule has 9 heteroatoms. The first-order valence-corrected chi connectivity index (χ1v) is 12.1. The minimum absolute atomic E-state index is 0.108. The van der Waals surface area contributed by atoms with Crippen molar-refractivity contribution in [2.45, 2.75) is 25.9 Å². The van der Waals surface area contributed by atoms with Crippen molar-refractivity contribution in [1.29, 1.82) is 0 Å². The quantitative estimate of drug-likeness (QED) is 0.345. The van der Waals surface area contributed by atoms with Crippen LogP contribution in [0.2, 0.25) is 0 Å². The molecule has 0 aliphatic heterocycles. The monoisotopic (exact) mass is 520 g/mol. The van der Waals surface area contributed by atoms with Crippen LogP contribution in [0, 0.1) is 0 Å². The van der Waals surface area contributed by atoms with Gasteiger partial charge >= 0.3 is 5.97 Å². The predicted molar refractivity (Wildman–Crippen MR) is 143 cm³/mol. The molecule has 0 saturated carbocycles. The standard InChI is InChI=1S/C29H32N2O7/c1-19(21-10-6-5-7-11-21)17-30-28(33)20(2)38-29(34)22-14-15-25(26(16-22)36-4)37-18-27(32)31-23-12-8-9-13-24(23)35-3/h5-16,19-20H,17-18H2,1-4H3,(H,30,33)(H,31,32). The summed E-state index contributed by atoms with van der Waals surface area (Å²) in [7, 11) is 2.93. The third-order valence-electron chi connectivity index (χ3n) is 5.74. The molecule has 3 aromatic rings. The highest BCUT2D eigenvalue weighted by molar-refractivity contribution is 5.94. The van der Waals surface area contributed by atoms with Crippen LogP contribution in [0.25, 0.3) is 0 Å². The maximum absolute atomic E-state index is 12.7. The molecule has 2 unspecified atom stereocenters. The van der Waals surface area contributed by atoms with E-state index in [9.17, 15) is 14.4 Å². The van der Waals surface area contributed by atoms with Crippen LogP contribution < -0.4 is 24.8 Å². The molecule has 38 heavy (non-hydrogen) atoms. The zero-order valence-corrected chi connectivity index (χ0v) is 21.9. The molecular formula is C29H32N2O7. The fourth-order valence-electron chi connectivity index (χ4n) is 3.57. The Kier molecular flexibility index (Phi) is 10.1. The molecule has 2 atom stereocenters. The van der Waals surface area contributed by atoms with Crippen molar-refractivity contribution in [1.82, 2.24) is 5.32 Å². The number of methoxy groups -OCH3 is 2. The molecule has 0 aliphatic carbocycles. The predicted octanol–water partition coefficient (Wildman–Crippen LogP) is 4.19. The van der Waals surface area contributed by atoms with Crippen LogP contribution >= 0.6 is 0 Å². The maximum Gasteiger partial charge on any atom is 0.339 e. The Morgan fingerprint density at radius 2 is 1.50 bits per heavy atom. The summed E-state index contributed by atoms with van der Waals surface area (Å²) in [5, 5.41) is 5.53. The molecule has 3 rings (SSSR count). The van der Waals surface area contributed by atoms with Crippen LogP contribution in [-0.4, -0.2) is 51.3 Å². The van der Waals surface area contributed by atoms with Gasteiger partial charge in [-0.1, -0.05) is 49.4 Å². The molecule has 2 amide bonds. The van der Waals surface area contributed by atoms with Gasteiger partial charge in [-0.3, -0.25) is 9.59 Å². The minimum atomic E-state index is -0.994. The number of para-hydroxylation sites is 2. The zero-order chi connectivity index (χ0) is 27.5. The Bertz CT molecular complexity index is 1250. The van der Waals surface area contributed by atoms with Crippen molar-refractivity contribution in [3.63, 3.8) is 0 Å². The van der Waals surface area contributed by atoms with E-state index in [-0.39, 0.29) is 29.6 Å². The van der Waals surface area contributed by atoms with Gasteiger partial charge in [0.25, 0.3) is 11.8 Å². The van der Waals surface area contributed by atoms with Gasteiger partial charge in [0.05, 0.1) is 25.5 Å². The number of rotatable bonds is 12. The molecule has 3 aromatic carbocycles. The first kappa shape index (κ1) is 28.0. The number of hydrogen-bond donors (Lipinski definition) is 2. The van der Waals surface area contributed by atoms with Gasteiger partial charge in [-0.05, 0) is 48.7 Å². The minimum Gasteiger partial charge on any atom is -0.495 e. The fraction of sp³-hybridized carbons (Fsp3) is 0.276. The molecule has 0 radical (unpaired) electrons. The molecule has 0 aromatic heterocycles. The molecule has 9 nitrogen and oxygen atoms in total. The fourth-order valence-corrected chi connectivity index (χ4v) is 3.57. The first-order valence-electron chi connectivity index (χ1n) is 12.1. The Labute approximate surface area is 222 Å². The van der Waals surface area contributed by atoms with Crippen molar-refractivity contribution < 1.29 is 33.3 Å². The average Bonchev–Trinajstić information content (AvgIpc) is 2.95. The number of anilines is 1. The molecule has 0 spiro atoms. The van der Waals surface area contributed by atoms with E-state index in [1.807, 2.05) is 37.3 Å². The molecule has 0 fully saturated rings. The number of nitrogens with one attached hydrogen (secondary N) is 2. The molecule has 200 valence electrons. The molecule has 0 saturated heterocycles. The summed E-state index contributed by atoms with van der Waals surface area (Å²) in [4.78, 5) is 37.5. The molecule has 0 aliphatic rings. The molecular weight excluding hydrogens is 488 g/mol. The van der Waals surface area contributed by atoms with Gasteiger partial charge in [-0.2, -0.15) is 0 Å². The van der Waals surface area contributed by atoms with Gasteiger partial charge in [0.1, 0.15) is 5.75 Å². The van der Waals surface area contributed by atoms with Gasteiger partial charge in [-0.15, -0.1) is 0 Å². The van der Waals surface area contributed by atoms with Crippen LogP contribution in [0.1, 0.15) is 35.7 Å². The SMILES string of the molecule is COc1ccccc1NC(=O)COc1ccc(C(=O)OC(C)C(=O)NCC(C)c2ccccc2)cc1OC. The van der Waals surface area contributed by atoms with Crippen LogP contribution in [0.4, 0.5) is 5.69 Å². The lowest BCUT2D eigenvalue weighted by Crippen LogP contribution is -2.37. The number of amides is 2. The highest BCUT2D eigenvalue weighted by atomic mass is 16.5. The van der Waals surface area contributed by atoms with Gasteiger partial charge in [0.15, 0.2) is 24.2 Å². The zero-order valence-electron chi connectivity index (χ0n) is 21.9. The summed E-state index contributed by atoms with van der Waals surface area (Å²) in [6.45, 7) is 3.63. The van der Waals surface area contributed by atoms with Crippen molar-refractivity contribution >= 4 is 23.5 Å². The number of hydrogen-bond acceptors (Lipinski definition) is 7. The summed E-state index contributed by atoms with van der Waals surface area (Å²) >= 11 is 0. The highest BCUT2D eigenvalue weighted by Gasteiger charge is 2.21. The summed E-state index contributed by atoms with van der Waals surface area (Å²) < 4.78 is 21.5. The van der Waals surface area contributed by atoms with Crippen molar-refractivity contribution in [3.8, 4) is 17.2 Å². The Morgan fingerprint density at radius 1 is 0.816 bits per heavy atom. The van der Waals surface area contributed by atoms with Crippen LogP contribution in [0.3, 0.4) is 0 Å². The van der Waals surface area contributed by atoms with Gasteiger partial charge in [0.2, 0.25) is 0 Å². The Hall–Kier alpha value is -4.53. The van der Waals surface area contributed by atoms with Gasteiger partial charge < -0.3 is 29.6 Å². The Morgan fingerprint density at radius 3 is 2.21 bits per heavy atom. The van der Waals surface area contributed by atoms with E-state index < -0.39 is 23.9 Å². The third kappa shape index (κ3) is 7.73. The second-order valence-electron chi connectivity index (χ2n) is 8.51. The van der Waals surface area contributed by atoms with E-state index in [1.54, 1.807) is 24.3 Å². The van der Waals surface area contributed by atoms with E-state index in [4.69, 9.17) is 18.9 Å². The van der Waals surface area contributed by atoms with Gasteiger partial charge in [0, 0.05) is 6.54 Å². The highest BCUT2D eigenvalue weighted by Crippen LogP contribution is 2.29. The van der Waals surface area contributed by atoms with Crippen molar-refractivity contribution in [2.75, 3.05) is 32.7 Å². The van der Waals surface area contributed by atoms with E-state index >= 15 is 0 Å². The van der Waals surface area contributed by atoms with E-state index in [0.717, 1.165) is 5.56 Å². The second kappa shape index (κ2) is 13.7. The van der Waals surface area contributed by atoms with Gasteiger partial charge in [-0.25, -0.2) is 4.79 Å². The second-order valence-corrected chi connectivity index (χ2v) is 8.51. The molecule has 0 heterocycles. The smallest absolute Gasteiger partial charge is 0.339 e. The lowest BCUT2D eigenvalue weighted by Gasteiger charge is -2.17. The lowest BCUT2D eigenvalue weighted by molar-refractivity contribution is -0.129. The van der Waals surface area contributed by atoms with E-state index in [2.05, 4.69) is 10.6 Å². The van der Waals surface area contributed by atoms with E-state index in [0.29, 0.717) is 18.0 Å². The summed E-state index contributed by atoms with van der Waals surface area (Å²) in [5.41, 5.74) is 1.79. The van der Waals surface area contributed by atoms with Crippen molar-refractivity contribution in [3.05, 3.63) is 83.9 Å². The largest absolute Gasteiger partial charge is 0.495 e. The van der Waals surface area contributed by atoms with Crippen LogP contribution in [-0.2, 0) is 14.3 Å². The average molecular weight is 521 g/mol. The maximum atomic E-state index is 12.7. The summed E-state index contributed by atoms with van der Waals surface area (Å²) in [6.07, 6.45) is -0.994. The molecule has 0 bridgehead atoms. The van der Waals surface area contributed by atoms with E-state index in [1.165, 1.54) is 39.3 Å². The normalized spacial score (nSPS) is 12.0. The number of ether oxygens (including phenoxy) is 4. The number of carbonyl (C=O) groups is 3. The first-order chi connectivity index (χ1) is 18.3. The van der Waals surface area contributed by atoms with Crippen molar-refractivity contribution in [2.24, 2.45) is 0 Å². The van der Waals surface area contributed by atoms with Crippen LogP contribution in [0.5, 0.6) is 17.2 Å². The third-order valence-corrected chi connectivity index (χ3v) is 5.74. The summed E-state index contributed by atoms with van der Waals surface area (Å²) in [6, 6.07) is 21.2. The lowest BCUT2D eigenvalue weighted by atomic mass is 10.0. The number of esters is 1.